The van der Waals surface area contributed by atoms with Gasteiger partial charge in [0.05, 0.1) is 0 Å². The lowest BCUT2D eigenvalue weighted by Crippen LogP contribution is -2.21. The van der Waals surface area contributed by atoms with Gasteiger partial charge in [-0.05, 0) is 65.3 Å². The largest absolute Gasteiger partial charge is 0.489 e. The third-order valence-electron chi connectivity index (χ3n) is 4.95. The molecule has 0 fully saturated rings. The maximum atomic E-state index is 12.5. The second-order valence-corrected chi connectivity index (χ2v) is 8.81. The van der Waals surface area contributed by atoms with Gasteiger partial charge in [-0.1, -0.05) is 70.2 Å². The lowest BCUT2D eigenvalue weighted by atomic mass is 9.99. The van der Waals surface area contributed by atoms with E-state index in [1.165, 1.54) is 5.39 Å². The molecule has 0 aliphatic heterocycles. The zero-order valence-corrected chi connectivity index (χ0v) is 18.9. The average molecular weight is 417 g/mol. The van der Waals surface area contributed by atoms with Gasteiger partial charge >= 0.3 is 0 Å². The second-order valence-electron chi connectivity index (χ2n) is 8.81. The summed E-state index contributed by atoms with van der Waals surface area (Å²) in [5.74, 6) is 1.66. The van der Waals surface area contributed by atoms with Crippen LogP contribution in [0.15, 0.2) is 71.8 Å². The zero-order valence-electron chi connectivity index (χ0n) is 18.9. The molecule has 3 aromatic carbocycles. The minimum atomic E-state index is -0.188. The number of hydrogen-bond acceptors (Lipinski definition) is 3. The molecule has 4 heteroatoms. The predicted octanol–water partition coefficient (Wildman–Crippen LogP) is 6.60. The highest BCUT2D eigenvalue weighted by atomic mass is 16.5. The van der Waals surface area contributed by atoms with Gasteiger partial charge in [0.2, 0.25) is 0 Å². The summed E-state index contributed by atoms with van der Waals surface area (Å²) in [5.41, 5.74) is 5.36. The minimum absolute atomic E-state index is 0.188. The lowest BCUT2D eigenvalue weighted by Gasteiger charge is -2.12. The molecule has 0 aromatic heterocycles. The molecule has 0 aliphatic rings. The summed E-state index contributed by atoms with van der Waals surface area (Å²) in [6.07, 6.45) is 1.78. The predicted molar refractivity (Wildman–Crippen MR) is 129 cm³/mol. The molecule has 1 amide bonds. The highest BCUT2D eigenvalue weighted by Gasteiger charge is 2.09. The van der Waals surface area contributed by atoms with Crippen molar-refractivity contribution in [2.75, 3.05) is 0 Å². The van der Waals surface area contributed by atoms with Gasteiger partial charge in [-0.25, -0.2) is 5.43 Å². The zero-order chi connectivity index (χ0) is 22.2. The van der Waals surface area contributed by atoms with Gasteiger partial charge < -0.3 is 4.74 Å². The number of hydrazone groups is 1. The Labute approximate surface area is 185 Å². The standard InChI is InChI=1S/C27H32N2O2/c1-19(2)15-25(16-20(3)4)28-29-27(30)23-11-9-21(10-12-23)18-31-26-14-13-22-7-5-6-8-24(22)17-26/h5-14,17,19-20H,15-16,18H2,1-4H3,(H,29,30). The maximum Gasteiger partial charge on any atom is 0.271 e. The van der Waals surface area contributed by atoms with E-state index in [4.69, 9.17) is 4.74 Å². The molecule has 1 N–H and O–H groups in total. The van der Waals surface area contributed by atoms with E-state index in [9.17, 15) is 4.79 Å². The SMILES string of the molecule is CC(C)CC(CC(C)C)=NNC(=O)c1ccc(COc2ccc3ccccc3c2)cc1. The van der Waals surface area contributed by atoms with Crippen molar-refractivity contribution < 1.29 is 9.53 Å². The number of benzene rings is 3. The molecule has 31 heavy (non-hydrogen) atoms. The summed E-state index contributed by atoms with van der Waals surface area (Å²) < 4.78 is 5.93. The first-order chi connectivity index (χ1) is 14.9. The number of ether oxygens (including phenoxy) is 1. The molecule has 0 atom stereocenters. The van der Waals surface area contributed by atoms with Crippen LogP contribution in [-0.4, -0.2) is 11.6 Å². The highest BCUT2D eigenvalue weighted by molar-refractivity contribution is 5.95. The molecule has 0 saturated heterocycles. The molecule has 0 bridgehead atoms. The first-order valence-electron chi connectivity index (χ1n) is 11.0. The highest BCUT2D eigenvalue weighted by Crippen LogP contribution is 2.21. The molecule has 0 heterocycles. The number of carbonyl (C=O) groups is 1. The Morgan fingerprint density at radius 3 is 2.16 bits per heavy atom. The first kappa shape index (κ1) is 22.5. The molecule has 3 rings (SSSR count). The van der Waals surface area contributed by atoms with Crippen LogP contribution in [0.5, 0.6) is 5.75 Å². The van der Waals surface area contributed by atoms with E-state index in [1.54, 1.807) is 0 Å². The normalized spacial score (nSPS) is 11.0. The lowest BCUT2D eigenvalue weighted by molar-refractivity contribution is 0.0954. The van der Waals surface area contributed by atoms with Gasteiger partial charge in [0, 0.05) is 11.3 Å². The summed E-state index contributed by atoms with van der Waals surface area (Å²) in [6, 6.07) is 21.8. The van der Waals surface area contributed by atoms with Gasteiger partial charge in [0.15, 0.2) is 0 Å². The second kappa shape index (κ2) is 10.8. The third-order valence-corrected chi connectivity index (χ3v) is 4.95. The van der Waals surface area contributed by atoms with Gasteiger partial charge in [0.25, 0.3) is 5.91 Å². The Morgan fingerprint density at radius 2 is 1.52 bits per heavy atom. The summed E-state index contributed by atoms with van der Waals surface area (Å²) >= 11 is 0. The molecule has 0 radical (unpaired) electrons. The van der Waals surface area contributed by atoms with Crippen molar-refractivity contribution in [2.45, 2.75) is 47.1 Å². The fourth-order valence-electron chi connectivity index (χ4n) is 3.49. The van der Waals surface area contributed by atoms with E-state index >= 15 is 0 Å². The number of carbonyl (C=O) groups excluding carboxylic acids is 1. The van der Waals surface area contributed by atoms with E-state index < -0.39 is 0 Å². The van der Waals surface area contributed by atoms with Gasteiger partial charge in [-0.3, -0.25) is 4.79 Å². The molecule has 3 aromatic rings. The van der Waals surface area contributed by atoms with E-state index in [0.29, 0.717) is 24.0 Å². The number of hydrogen-bond donors (Lipinski definition) is 1. The number of fused-ring (bicyclic) bond motifs is 1. The topological polar surface area (TPSA) is 50.7 Å². The van der Waals surface area contributed by atoms with Gasteiger partial charge in [-0.2, -0.15) is 5.10 Å². The fourth-order valence-corrected chi connectivity index (χ4v) is 3.49. The summed E-state index contributed by atoms with van der Waals surface area (Å²) in [7, 11) is 0. The molecule has 4 nitrogen and oxygen atoms in total. The van der Waals surface area contributed by atoms with Crippen LogP contribution < -0.4 is 10.2 Å². The minimum Gasteiger partial charge on any atom is -0.489 e. The summed E-state index contributed by atoms with van der Waals surface area (Å²) in [5, 5.41) is 6.74. The molecule has 162 valence electrons. The van der Waals surface area contributed by atoms with E-state index in [2.05, 4.69) is 56.4 Å². The molecule has 0 aliphatic carbocycles. The van der Waals surface area contributed by atoms with Gasteiger partial charge in [-0.15, -0.1) is 0 Å². The third kappa shape index (κ3) is 6.95. The molecular formula is C27H32N2O2. The monoisotopic (exact) mass is 416 g/mol. The van der Waals surface area contributed by atoms with Crippen molar-refractivity contribution >= 4 is 22.4 Å². The number of amides is 1. The van der Waals surface area contributed by atoms with Crippen molar-refractivity contribution in [3.05, 3.63) is 77.9 Å². The Balaban J connectivity index is 1.58. The van der Waals surface area contributed by atoms with E-state index in [0.717, 1.165) is 35.3 Å². The van der Waals surface area contributed by atoms with Crippen molar-refractivity contribution in [3.63, 3.8) is 0 Å². The molecule has 0 spiro atoms. The van der Waals surface area contributed by atoms with Crippen molar-refractivity contribution in [1.82, 2.24) is 5.43 Å². The molecule has 0 saturated carbocycles. The van der Waals surface area contributed by atoms with Crippen LogP contribution in [0.4, 0.5) is 0 Å². The van der Waals surface area contributed by atoms with Crippen LogP contribution in [0.25, 0.3) is 10.8 Å². The first-order valence-corrected chi connectivity index (χ1v) is 11.0. The number of rotatable bonds is 9. The van der Waals surface area contributed by atoms with Crippen LogP contribution in [-0.2, 0) is 6.61 Å². The van der Waals surface area contributed by atoms with Crippen molar-refractivity contribution in [1.29, 1.82) is 0 Å². The Hall–Kier alpha value is -3.14. The van der Waals surface area contributed by atoms with Crippen LogP contribution in [0.3, 0.4) is 0 Å². The van der Waals surface area contributed by atoms with Crippen LogP contribution in [0.2, 0.25) is 0 Å². The number of nitrogens with one attached hydrogen (secondary N) is 1. The van der Waals surface area contributed by atoms with Crippen molar-refractivity contribution in [2.24, 2.45) is 16.9 Å². The van der Waals surface area contributed by atoms with Crippen LogP contribution >= 0.6 is 0 Å². The number of nitrogens with zero attached hydrogens (tertiary/aromatic N) is 1. The summed E-state index contributed by atoms with van der Waals surface area (Å²) in [6.45, 7) is 9.10. The molecule has 0 unspecified atom stereocenters. The van der Waals surface area contributed by atoms with Gasteiger partial charge in [0.1, 0.15) is 12.4 Å². The smallest absolute Gasteiger partial charge is 0.271 e. The Morgan fingerprint density at radius 1 is 0.871 bits per heavy atom. The van der Waals surface area contributed by atoms with Crippen LogP contribution in [0, 0.1) is 11.8 Å². The fraction of sp³-hybridized carbons (Fsp3) is 0.333. The quantitative estimate of drug-likeness (QED) is 0.316. The Bertz CT molecular complexity index is 1020. The van der Waals surface area contributed by atoms with Crippen molar-refractivity contribution in [3.8, 4) is 5.75 Å². The maximum absolute atomic E-state index is 12.5. The molecular weight excluding hydrogens is 384 g/mol. The van der Waals surface area contributed by atoms with E-state index in [1.807, 2.05) is 48.5 Å². The van der Waals surface area contributed by atoms with E-state index in [-0.39, 0.29) is 5.91 Å². The average Bonchev–Trinajstić information content (AvgIpc) is 2.75. The summed E-state index contributed by atoms with van der Waals surface area (Å²) in [4.78, 5) is 12.5. The van der Waals surface area contributed by atoms with Crippen LogP contribution in [0.1, 0.15) is 56.5 Å². The Kier molecular flexibility index (Phi) is 7.82.